The number of hydrogen-bond donors (Lipinski definition) is 2. The Kier molecular flexibility index (Phi) is 11.3. The van der Waals surface area contributed by atoms with Gasteiger partial charge in [0.05, 0.1) is 6.21 Å². The van der Waals surface area contributed by atoms with Gasteiger partial charge in [-0.2, -0.15) is 5.10 Å². The number of hydrazone groups is 1. The van der Waals surface area contributed by atoms with Crippen LogP contribution in [0.2, 0.25) is 0 Å². The smallest absolute Gasteiger partial charge is 0.336 e. The molecule has 0 fully saturated rings. The topological polar surface area (TPSA) is 123 Å². The number of amides is 2. The lowest BCUT2D eigenvalue weighted by Gasteiger charge is -2.08. The molecule has 0 saturated carbocycles. The van der Waals surface area contributed by atoms with E-state index >= 15 is 0 Å². The lowest BCUT2D eigenvalue weighted by molar-refractivity contribution is -0.129. The molecule has 2 amide bonds. The highest BCUT2D eigenvalue weighted by Gasteiger charge is 2.10. The van der Waals surface area contributed by atoms with Gasteiger partial charge in [-0.3, -0.25) is 9.59 Å². The van der Waals surface area contributed by atoms with Crippen molar-refractivity contribution >= 4 is 47.8 Å². The molecule has 0 aliphatic carbocycles. The molecule has 4 rings (SSSR count). The summed E-state index contributed by atoms with van der Waals surface area (Å²) in [6.45, 7) is 3.58. The zero-order valence-corrected chi connectivity index (χ0v) is 24.7. The van der Waals surface area contributed by atoms with E-state index in [0.29, 0.717) is 22.4 Å². The Morgan fingerprint density at radius 1 is 0.667 bits per heavy atom. The van der Waals surface area contributed by atoms with Crippen LogP contribution in [0.15, 0.2) is 120 Å². The van der Waals surface area contributed by atoms with Gasteiger partial charge in [0.15, 0.2) is 0 Å². The molecule has 9 heteroatoms. The minimum Gasteiger partial charge on any atom is -0.423 e. The van der Waals surface area contributed by atoms with Crippen LogP contribution in [0, 0.1) is 5.92 Å². The van der Waals surface area contributed by atoms with E-state index in [1.807, 2.05) is 30.3 Å². The van der Waals surface area contributed by atoms with E-state index in [-0.39, 0.29) is 23.3 Å². The maximum absolute atomic E-state index is 12.7. The summed E-state index contributed by atoms with van der Waals surface area (Å²) in [6.07, 6.45) is 7.05. The maximum Gasteiger partial charge on any atom is 0.336 e. The zero-order valence-electron chi connectivity index (χ0n) is 24.7. The van der Waals surface area contributed by atoms with E-state index in [4.69, 9.17) is 9.47 Å². The van der Waals surface area contributed by atoms with Gasteiger partial charge >= 0.3 is 11.9 Å². The van der Waals surface area contributed by atoms with Crippen LogP contribution in [0.25, 0.3) is 12.2 Å². The Morgan fingerprint density at radius 3 is 1.87 bits per heavy atom. The number of nitrogens with one attached hydrogen (secondary N) is 2. The Labute approximate surface area is 260 Å². The molecule has 45 heavy (non-hydrogen) atoms. The number of carbonyl (C=O) groups is 4. The van der Waals surface area contributed by atoms with Gasteiger partial charge in [-0.1, -0.05) is 74.5 Å². The Bertz CT molecular complexity index is 1740. The van der Waals surface area contributed by atoms with Crippen molar-refractivity contribution in [1.82, 2.24) is 5.43 Å². The van der Waals surface area contributed by atoms with Gasteiger partial charge in [0, 0.05) is 40.4 Å². The second-order valence-corrected chi connectivity index (χ2v) is 9.92. The monoisotopic (exact) mass is 601 g/mol. The average molecular weight is 602 g/mol. The highest BCUT2D eigenvalue weighted by molar-refractivity contribution is 5.97. The Hall–Kier alpha value is -6.09. The minimum atomic E-state index is -0.672. The van der Waals surface area contributed by atoms with Gasteiger partial charge < -0.3 is 14.8 Å². The molecule has 2 N–H and O–H groups in total. The first-order valence-electron chi connectivity index (χ1n) is 14.1. The van der Waals surface area contributed by atoms with E-state index < -0.39 is 17.8 Å². The molecule has 0 saturated heterocycles. The predicted octanol–water partition coefficient (Wildman–Crippen LogP) is 6.28. The number of benzene rings is 4. The van der Waals surface area contributed by atoms with Crippen LogP contribution in [-0.4, -0.2) is 30.0 Å². The van der Waals surface area contributed by atoms with E-state index in [9.17, 15) is 19.2 Å². The predicted molar refractivity (Wildman–Crippen MR) is 174 cm³/mol. The molecule has 0 unspecified atom stereocenters. The molecule has 0 heterocycles. The van der Waals surface area contributed by atoms with Crippen molar-refractivity contribution in [2.45, 2.75) is 13.8 Å². The number of nitrogens with zero attached hydrogens (tertiary/aromatic N) is 1. The molecule has 0 aliphatic rings. The van der Waals surface area contributed by atoms with E-state index in [1.165, 1.54) is 24.4 Å². The third kappa shape index (κ3) is 10.0. The molecule has 0 atom stereocenters. The summed E-state index contributed by atoms with van der Waals surface area (Å²) >= 11 is 0. The summed E-state index contributed by atoms with van der Waals surface area (Å²) in [6, 6.07) is 29.2. The zero-order chi connectivity index (χ0) is 32.0. The highest BCUT2D eigenvalue weighted by atomic mass is 16.5. The van der Waals surface area contributed by atoms with Crippen molar-refractivity contribution < 1.29 is 28.7 Å². The molecule has 0 spiro atoms. The third-order valence-corrected chi connectivity index (χ3v) is 6.18. The van der Waals surface area contributed by atoms with Crippen molar-refractivity contribution in [3.8, 4) is 11.5 Å². The molecule has 4 aromatic carbocycles. The largest absolute Gasteiger partial charge is 0.423 e. The third-order valence-electron chi connectivity index (χ3n) is 6.18. The van der Waals surface area contributed by atoms with Crippen LogP contribution in [-0.2, 0) is 14.4 Å². The number of hydrogen-bond acceptors (Lipinski definition) is 7. The number of ether oxygens (including phenoxy) is 2. The second-order valence-electron chi connectivity index (χ2n) is 9.92. The van der Waals surface area contributed by atoms with Crippen molar-refractivity contribution in [2.75, 3.05) is 5.32 Å². The summed E-state index contributed by atoms with van der Waals surface area (Å²) in [5, 5.41) is 6.75. The van der Waals surface area contributed by atoms with Crippen molar-refractivity contribution in [1.29, 1.82) is 0 Å². The number of para-hydroxylation sites is 2. The summed E-state index contributed by atoms with van der Waals surface area (Å²) in [5.74, 6) is -1.47. The lowest BCUT2D eigenvalue weighted by atomic mass is 10.1. The molecule has 0 bridgehead atoms. The molecule has 0 aliphatic heterocycles. The van der Waals surface area contributed by atoms with Gasteiger partial charge in [-0.15, -0.1) is 0 Å². The maximum atomic E-state index is 12.7. The molecular formula is C36H31N3O6. The van der Waals surface area contributed by atoms with Gasteiger partial charge in [0.25, 0.3) is 5.91 Å². The van der Waals surface area contributed by atoms with E-state index in [0.717, 1.165) is 5.56 Å². The Balaban J connectivity index is 1.34. The molecule has 0 aromatic heterocycles. The minimum absolute atomic E-state index is 0.121. The number of rotatable bonds is 11. The molecule has 9 nitrogen and oxygen atoms in total. The molecular weight excluding hydrogens is 570 g/mol. The van der Waals surface area contributed by atoms with Crippen LogP contribution in [0.3, 0.4) is 0 Å². The standard InChI is InChI=1S/C36H31N3O6/c1-25(2)35(42)38-30-20-17-28(18-21-30)36(43)39-37-24-29-13-7-9-15-32(29)45-34(41)23-19-27-12-6-8-14-31(27)44-33(40)22-16-26-10-4-3-5-11-26/h3-25H,1-2H3,(H,38,42)(H,39,43)/b22-16+,23-19+,37-24+. The SMILES string of the molecule is CC(C)C(=O)Nc1ccc(C(=O)N/N=C/c2ccccc2OC(=O)/C=C/c2ccccc2OC(=O)/C=C/c2ccccc2)cc1. The van der Waals surface area contributed by atoms with Gasteiger partial charge in [0.2, 0.25) is 5.91 Å². The van der Waals surface area contributed by atoms with Crippen LogP contribution in [0.5, 0.6) is 11.5 Å². The van der Waals surface area contributed by atoms with Gasteiger partial charge in [-0.05, 0) is 60.2 Å². The average Bonchev–Trinajstić information content (AvgIpc) is 3.05. The van der Waals surface area contributed by atoms with E-state index in [1.54, 1.807) is 92.7 Å². The fourth-order valence-corrected chi connectivity index (χ4v) is 3.78. The normalized spacial score (nSPS) is 11.2. The van der Waals surface area contributed by atoms with Crippen LogP contribution in [0.1, 0.15) is 40.9 Å². The quantitative estimate of drug-likeness (QED) is 0.0686. The first-order valence-corrected chi connectivity index (χ1v) is 14.1. The number of carbonyl (C=O) groups excluding carboxylic acids is 4. The van der Waals surface area contributed by atoms with Gasteiger partial charge in [-0.25, -0.2) is 15.0 Å². The highest BCUT2D eigenvalue weighted by Crippen LogP contribution is 2.21. The van der Waals surface area contributed by atoms with Crippen molar-refractivity contribution in [3.63, 3.8) is 0 Å². The molecule has 226 valence electrons. The first kappa shape index (κ1) is 31.8. The molecule has 4 aromatic rings. The number of anilines is 1. The van der Waals surface area contributed by atoms with Crippen molar-refractivity contribution in [3.05, 3.63) is 138 Å². The summed E-state index contributed by atoms with van der Waals surface area (Å²) in [7, 11) is 0. The fraction of sp³-hybridized carbons (Fsp3) is 0.0833. The second kappa shape index (κ2) is 15.9. The van der Waals surface area contributed by atoms with Crippen LogP contribution < -0.4 is 20.2 Å². The summed E-state index contributed by atoms with van der Waals surface area (Å²) in [4.78, 5) is 49.4. The Morgan fingerprint density at radius 2 is 1.22 bits per heavy atom. The van der Waals surface area contributed by atoms with Crippen molar-refractivity contribution in [2.24, 2.45) is 11.0 Å². The lowest BCUT2D eigenvalue weighted by Crippen LogP contribution is -2.19. The first-order chi connectivity index (χ1) is 21.8. The van der Waals surface area contributed by atoms with Gasteiger partial charge in [0.1, 0.15) is 11.5 Å². The molecule has 0 radical (unpaired) electrons. The van der Waals surface area contributed by atoms with E-state index in [2.05, 4.69) is 15.8 Å². The van der Waals surface area contributed by atoms with Crippen LogP contribution >= 0.6 is 0 Å². The van der Waals surface area contributed by atoms with Crippen LogP contribution in [0.4, 0.5) is 5.69 Å². The summed E-state index contributed by atoms with van der Waals surface area (Å²) in [5.41, 5.74) is 5.18. The fourth-order valence-electron chi connectivity index (χ4n) is 3.78. The summed E-state index contributed by atoms with van der Waals surface area (Å²) < 4.78 is 11.0. The number of esters is 2.